The van der Waals surface area contributed by atoms with Crippen LogP contribution in [-0.2, 0) is 10.0 Å². The normalized spacial score (nSPS) is 17.9. The molecular weight excluding hydrogens is 299 g/mol. The van der Waals surface area contributed by atoms with Gasteiger partial charge in [0.1, 0.15) is 10.7 Å². The van der Waals surface area contributed by atoms with Crippen molar-refractivity contribution in [3.05, 3.63) is 23.0 Å². The maximum absolute atomic E-state index is 13.2. The third-order valence-corrected chi connectivity index (χ3v) is 5.94. The average molecular weight is 311 g/mol. The van der Waals surface area contributed by atoms with Gasteiger partial charge in [-0.1, -0.05) is 11.6 Å². The molecule has 0 radical (unpaired) electrons. The molecule has 1 heterocycles. The van der Waals surface area contributed by atoms with Gasteiger partial charge in [-0.15, -0.1) is 0 Å². The summed E-state index contributed by atoms with van der Waals surface area (Å²) in [7, 11) is -3.69. The van der Waals surface area contributed by atoms with Crippen molar-refractivity contribution >= 4 is 39.1 Å². The number of nitrogens with zero attached hydrogens (tertiary/aromatic N) is 1. The van der Waals surface area contributed by atoms with Crippen LogP contribution in [0.25, 0.3) is 0 Å². The first-order valence-corrected chi connectivity index (χ1v) is 8.22. The molecule has 0 bridgehead atoms. The second-order valence-electron chi connectivity index (χ2n) is 3.82. The monoisotopic (exact) mass is 310 g/mol. The van der Waals surface area contributed by atoms with Crippen LogP contribution in [0.1, 0.15) is 0 Å². The quantitative estimate of drug-likeness (QED) is 0.846. The lowest BCUT2D eigenvalue weighted by atomic mass is 10.3. The van der Waals surface area contributed by atoms with Crippen LogP contribution in [0.2, 0.25) is 5.02 Å². The van der Waals surface area contributed by atoms with E-state index in [0.717, 1.165) is 23.6 Å². The molecule has 0 spiro atoms. The van der Waals surface area contributed by atoms with Gasteiger partial charge in [-0.2, -0.15) is 16.1 Å². The molecule has 0 unspecified atom stereocenters. The fourth-order valence-corrected chi connectivity index (χ4v) is 4.77. The lowest BCUT2D eigenvalue weighted by Gasteiger charge is -2.26. The predicted molar refractivity (Wildman–Crippen MR) is 71.9 cm³/mol. The van der Waals surface area contributed by atoms with Gasteiger partial charge in [0.25, 0.3) is 0 Å². The van der Waals surface area contributed by atoms with E-state index >= 15 is 0 Å². The second kappa shape index (κ2) is 5.24. The summed E-state index contributed by atoms with van der Waals surface area (Å²) < 4.78 is 39.2. The number of hydrogen-bond donors (Lipinski definition) is 1. The fraction of sp³-hybridized carbons (Fsp3) is 0.400. The summed E-state index contributed by atoms with van der Waals surface area (Å²) in [5.41, 5.74) is 5.18. The molecule has 1 aliphatic heterocycles. The number of nitrogens with two attached hydrogens (primary N) is 1. The van der Waals surface area contributed by atoms with Crippen molar-refractivity contribution in [2.75, 3.05) is 30.3 Å². The topological polar surface area (TPSA) is 63.4 Å². The molecule has 0 atom stereocenters. The van der Waals surface area contributed by atoms with Gasteiger partial charge in [-0.3, -0.25) is 0 Å². The van der Waals surface area contributed by atoms with Crippen LogP contribution in [0.4, 0.5) is 10.1 Å². The molecule has 2 rings (SSSR count). The van der Waals surface area contributed by atoms with Crippen LogP contribution < -0.4 is 5.73 Å². The Balaban J connectivity index is 2.43. The van der Waals surface area contributed by atoms with E-state index in [0.29, 0.717) is 13.1 Å². The van der Waals surface area contributed by atoms with Crippen LogP contribution in [0.15, 0.2) is 17.0 Å². The number of halogens is 2. The maximum atomic E-state index is 13.2. The number of nitrogen functional groups attached to an aromatic ring is 1. The van der Waals surface area contributed by atoms with E-state index in [1.165, 1.54) is 4.31 Å². The van der Waals surface area contributed by atoms with Crippen molar-refractivity contribution in [2.24, 2.45) is 0 Å². The number of rotatable bonds is 2. The molecule has 0 aliphatic carbocycles. The molecule has 1 aromatic carbocycles. The van der Waals surface area contributed by atoms with Gasteiger partial charge < -0.3 is 5.73 Å². The Morgan fingerprint density at radius 1 is 1.33 bits per heavy atom. The van der Waals surface area contributed by atoms with Crippen molar-refractivity contribution in [1.29, 1.82) is 0 Å². The molecule has 1 fully saturated rings. The third kappa shape index (κ3) is 2.59. The van der Waals surface area contributed by atoms with Gasteiger partial charge in [0, 0.05) is 24.6 Å². The van der Waals surface area contributed by atoms with Crippen LogP contribution in [-0.4, -0.2) is 37.3 Å². The lowest BCUT2D eigenvalue weighted by molar-refractivity contribution is 0.443. The van der Waals surface area contributed by atoms with Gasteiger partial charge >= 0.3 is 0 Å². The van der Waals surface area contributed by atoms with Gasteiger partial charge in [-0.05, 0) is 12.1 Å². The van der Waals surface area contributed by atoms with E-state index in [1.807, 2.05) is 0 Å². The largest absolute Gasteiger partial charge is 0.396 e. The van der Waals surface area contributed by atoms with Crippen molar-refractivity contribution in [3.8, 4) is 0 Å². The number of thioether (sulfide) groups is 1. The van der Waals surface area contributed by atoms with Gasteiger partial charge in [0.15, 0.2) is 0 Å². The predicted octanol–water partition coefficient (Wildman–Crippen LogP) is 1.80. The summed E-state index contributed by atoms with van der Waals surface area (Å²) >= 11 is 7.49. The Hall–Kier alpha value is -0.500. The summed E-state index contributed by atoms with van der Waals surface area (Å²) in [4.78, 5) is -0.130. The summed E-state index contributed by atoms with van der Waals surface area (Å²) in [5.74, 6) is 0.772. The molecule has 1 saturated heterocycles. The molecule has 0 amide bonds. The molecule has 18 heavy (non-hydrogen) atoms. The van der Waals surface area contributed by atoms with E-state index in [9.17, 15) is 12.8 Å². The Bertz CT molecular complexity index is 559. The summed E-state index contributed by atoms with van der Waals surface area (Å²) in [6.45, 7) is 0.862. The van der Waals surface area contributed by atoms with Crippen molar-refractivity contribution in [1.82, 2.24) is 4.31 Å². The number of sulfonamides is 1. The van der Waals surface area contributed by atoms with Crippen LogP contribution in [0.5, 0.6) is 0 Å². The molecule has 1 aliphatic rings. The summed E-state index contributed by atoms with van der Waals surface area (Å²) in [6, 6.07) is 2.01. The average Bonchev–Trinajstić information content (AvgIpc) is 2.34. The SMILES string of the molecule is Nc1cc(S(=O)(=O)N2CCSCC2)c(Cl)cc1F. The van der Waals surface area contributed by atoms with E-state index in [4.69, 9.17) is 17.3 Å². The first-order valence-electron chi connectivity index (χ1n) is 5.25. The third-order valence-electron chi connectivity index (χ3n) is 2.64. The standard InChI is InChI=1S/C10H12ClFN2O2S2/c11-7-5-8(12)9(13)6-10(7)18(15,16)14-1-3-17-4-2-14/h5-6H,1-4,13H2. The van der Waals surface area contributed by atoms with Crippen LogP contribution in [0, 0.1) is 5.82 Å². The minimum absolute atomic E-state index is 0.130. The minimum atomic E-state index is -3.69. The highest BCUT2D eigenvalue weighted by Crippen LogP contribution is 2.29. The molecule has 2 N–H and O–H groups in total. The molecule has 100 valence electrons. The Morgan fingerprint density at radius 3 is 2.56 bits per heavy atom. The number of hydrogen-bond acceptors (Lipinski definition) is 4. The van der Waals surface area contributed by atoms with E-state index < -0.39 is 15.8 Å². The molecule has 1 aromatic rings. The van der Waals surface area contributed by atoms with Crippen molar-refractivity contribution in [3.63, 3.8) is 0 Å². The zero-order valence-corrected chi connectivity index (χ0v) is 11.8. The highest BCUT2D eigenvalue weighted by Gasteiger charge is 2.28. The number of anilines is 1. The molecule has 4 nitrogen and oxygen atoms in total. The van der Waals surface area contributed by atoms with Crippen molar-refractivity contribution < 1.29 is 12.8 Å². The highest BCUT2D eigenvalue weighted by atomic mass is 35.5. The summed E-state index contributed by atoms with van der Waals surface area (Å²) in [6.07, 6.45) is 0. The van der Waals surface area contributed by atoms with Gasteiger partial charge in [0.2, 0.25) is 10.0 Å². The summed E-state index contributed by atoms with van der Waals surface area (Å²) in [5, 5.41) is -0.139. The fourth-order valence-electron chi connectivity index (χ4n) is 1.67. The van der Waals surface area contributed by atoms with Crippen molar-refractivity contribution in [2.45, 2.75) is 4.90 Å². The van der Waals surface area contributed by atoms with Crippen LogP contribution in [0.3, 0.4) is 0 Å². The lowest BCUT2D eigenvalue weighted by Crippen LogP contribution is -2.38. The van der Waals surface area contributed by atoms with E-state index in [2.05, 4.69) is 0 Å². The number of benzene rings is 1. The maximum Gasteiger partial charge on any atom is 0.244 e. The van der Waals surface area contributed by atoms with E-state index in [1.54, 1.807) is 11.8 Å². The first kappa shape index (κ1) is 13.9. The first-order chi connectivity index (χ1) is 8.43. The Kier molecular flexibility index (Phi) is 4.05. The molecule has 0 aromatic heterocycles. The zero-order chi connectivity index (χ0) is 13.3. The van der Waals surface area contributed by atoms with Gasteiger partial charge in [-0.25, -0.2) is 12.8 Å². The minimum Gasteiger partial charge on any atom is -0.396 e. The Labute approximate surface area is 114 Å². The highest BCUT2D eigenvalue weighted by molar-refractivity contribution is 7.99. The Morgan fingerprint density at radius 2 is 1.94 bits per heavy atom. The van der Waals surface area contributed by atoms with Gasteiger partial charge in [0.05, 0.1) is 10.7 Å². The molecule has 0 saturated carbocycles. The smallest absolute Gasteiger partial charge is 0.244 e. The molecular formula is C10H12ClFN2O2S2. The van der Waals surface area contributed by atoms with E-state index in [-0.39, 0.29) is 15.6 Å². The van der Waals surface area contributed by atoms with Crippen LogP contribution >= 0.6 is 23.4 Å². The molecule has 8 heteroatoms. The second-order valence-corrected chi connectivity index (χ2v) is 7.36. The zero-order valence-electron chi connectivity index (χ0n) is 9.40.